The van der Waals surface area contributed by atoms with Gasteiger partial charge in [-0.25, -0.2) is 0 Å². The molecule has 0 bridgehead atoms. The molecule has 288 valence electrons. The van der Waals surface area contributed by atoms with Crippen molar-refractivity contribution in [1.29, 1.82) is 0 Å². The summed E-state index contributed by atoms with van der Waals surface area (Å²) >= 11 is 0. The first-order chi connectivity index (χ1) is 28.0. The zero-order valence-corrected chi connectivity index (χ0v) is 35.5. The Labute approximate surface area is 347 Å². The van der Waals surface area contributed by atoms with E-state index in [2.05, 4.69) is 189 Å². The number of aromatic nitrogens is 2. The summed E-state index contributed by atoms with van der Waals surface area (Å²) in [6, 6.07) is 48.7. The summed E-state index contributed by atoms with van der Waals surface area (Å²) in [6.45, 7) is 20.7. The summed E-state index contributed by atoms with van der Waals surface area (Å²) in [5, 5.41) is 0. The van der Waals surface area contributed by atoms with Crippen LogP contribution in [0.3, 0.4) is 0 Å². The van der Waals surface area contributed by atoms with Crippen molar-refractivity contribution in [2.75, 3.05) is 0 Å². The van der Waals surface area contributed by atoms with Gasteiger partial charge in [-0.1, -0.05) is 174 Å². The molecule has 0 saturated carbocycles. The van der Waals surface area contributed by atoms with Gasteiger partial charge in [0.15, 0.2) is 0 Å². The Morgan fingerprint density at radius 2 is 0.983 bits per heavy atom. The predicted molar refractivity (Wildman–Crippen MR) is 249 cm³/mol. The van der Waals surface area contributed by atoms with Gasteiger partial charge >= 0.3 is 0 Å². The van der Waals surface area contributed by atoms with Crippen LogP contribution < -0.4 is 37.5 Å². The minimum Gasteiger partial charge on any atom is -0.458 e. The van der Waals surface area contributed by atoms with Crippen LogP contribution in [0.1, 0.15) is 107 Å². The summed E-state index contributed by atoms with van der Waals surface area (Å²) in [6.07, 6.45) is 1.85. The van der Waals surface area contributed by atoms with Crippen molar-refractivity contribution in [2.24, 2.45) is 0 Å². The van der Waals surface area contributed by atoms with Crippen molar-refractivity contribution < 1.29 is 4.74 Å². The van der Waals surface area contributed by atoms with E-state index in [1.54, 1.807) is 0 Å². The summed E-state index contributed by atoms with van der Waals surface area (Å²) in [5.74, 6) is 2.96. The number of hydrogen-bond acceptors (Lipinski definition) is 3. The standard InChI is InChI=1S/C53H54B2N2O/c1-33(2)41-21-16-22-42(34(3)4)51(41)54-45-25-10-11-26-46(45)55(52-43(35(5)6)23-17-24-44(52)36(7)8)53-47(54)31-39(49-28-14-18-37(9)57-49)32-50(53)58-40-20-15-19-38(30-40)48-27-12-13-29-56-48/h10-36H,1-9H3. The fourth-order valence-electron chi connectivity index (χ4n) is 9.37. The first-order valence-electron chi connectivity index (χ1n) is 21.2. The van der Waals surface area contributed by atoms with Crippen LogP contribution in [-0.2, 0) is 0 Å². The van der Waals surface area contributed by atoms with Gasteiger partial charge in [0.2, 0.25) is 13.4 Å². The van der Waals surface area contributed by atoms with E-state index in [0.29, 0.717) is 23.7 Å². The van der Waals surface area contributed by atoms with Crippen molar-refractivity contribution in [3.63, 3.8) is 0 Å². The third kappa shape index (κ3) is 7.32. The fraction of sp³-hybridized carbons (Fsp3) is 0.245. The van der Waals surface area contributed by atoms with Crippen LogP contribution in [0.4, 0.5) is 0 Å². The van der Waals surface area contributed by atoms with E-state index in [1.807, 2.05) is 18.3 Å². The third-order valence-corrected chi connectivity index (χ3v) is 12.0. The van der Waals surface area contributed by atoms with E-state index in [4.69, 9.17) is 9.72 Å². The van der Waals surface area contributed by atoms with Gasteiger partial charge in [-0.2, -0.15) is 0 Å². The third-order valence-electron chi connectivity index (χ3n) is 12.0. The van der Waals surface area contributed by atoms with Gasteiger partial charge in [0.05, 0.1) is 11.4 Å². The molecule has 0 spiro atoms. The topological polar surface area (TPSA) is 35.0 Å². The molecule has 0 N–H and O–H groups in total. The highest BCUT2D eigenvalue weighted by Gasteiger charge is 2.44. The molecule has 0 saturated heterocycles. The minimum absolute atomic E-state index is 0.0286. The van der Waals surface area contributed by atoms with Crippen LogP contribution in [0.15, 0.2) is 140 Å². The van der Waals surface area contributed by atoms with Gasteiger partial charge in [0.1, 0.15) is 11.5 Å². The Bertz CT molecular complexity index is 2540. The molecule has 0 fully saturated rings. The molecule has 3 heterocycles. The Morgan fingerprint density at radius 3 is 1.55 bits per heavy atom. The lowest BCUT2D eigenvalue weighted by molar-refractivity contribution is 0.487. The van der Waals surface area contributed by atoms with Gasteiger partial charge < -0.3 is 4.74 Å². The lowest BCUT2D eigenvalue weighted by atomic mass is 9.19. The molecule has 0 unspecified atom stereocenters. The Morgan fingerprint density at radius 1 is 0.448 bits per heavy atom. The van der Waals surface area contributed by atoms with Crippen LogP contribution >= 0.6 is 0 Å². The van der Waals surface area contributed by atoms with Crippen molar-refractivity contribution in [3.8, 4) is 34.0 Å². The lowest BCUT2D eigenvalue weighted by Crippen LogP contribution is -2.76. The second kappa shape index (κ2) is 16.3. The molecular formula is C53H54B2N2O. The van der Waals surface area contributed by atoms with Gasteiger partial charge in [0.25, 0.3) is 0 Å². The maximum Gasteiger partial charge on any atom is 0.245 e. The van der Waals surface area contributed by atoms with E-state index < -0.39 is 0 Å². The molecule has 58 heavy (non-hydrogen) atoms. The second-order valence-corrected chi connectivity index (χ2v) is 17.3. The maximum absolute atomic E-state index is 7.38. The average Bonchev–Trinajstić information content (AvgIpc) is 3.22. The van der Waals surface area contributed by atoms with Gasteiger partial charge in [0, 0.05) is 23.0 Å². The number of rotatable bonds is 10. The second-order valence-electron chi connectivity index (χ2n) is 17.3. The predicted octanol–water partition coefficient (Wildman–Crippen LogP) is 9.75. The van der Waals surface area contributed by atoms with Gasteiger partial charge in [-0.05, 0) is 101 Å². The molecule has 1 aliphatic rings. The Balaban J connectivity index is 1.52. The average molecular weight is 757 g/mol. The largest absolute Gasteiger partial charge is 0.458 e. The van der Waals surface area contributed by atoms with Crippen LogP contribution in [0.25, 0.3) is 22.5 Å². The van der Waals surface area contributed by atoms with Crippen LogP contribution in [0.5, 0.6) is 11.5 Å². The van der Waals surface area contributed by atoms with Crippen molar-refractivity contribution in [3.05, 3.63) is 168 Å². The molecule has 0 aliphatic carbocycles. The Kier molecular flexibility index (Phi) is 11.0. The minimum atomic E-state index is -0.0688. The van der Waals surface area contributed by atoms with Crippen molar-refractivity contribution >= 4 is 46.2 Å². The van der Waals surface area contributed by atoms with E-state index in [0.717, 1.165) is 39.7 Å². The molecule has 2 aromatic heterocycles. The number of fused-ring (bicyclic) bond motifs is 2. The maximum atomic E-state index is 7.38. The number of pyridine rings is 2. The first-order valence-corrected chi connectivity index (χ1v) is 21.2. The van der Waals surface area contributed by atoms with Gasteiger partial charge in [-0.15, -0.1) is 0 Å². The van der Waals surface area contributed by atoms with Crippen molar-refractivity contribution in [2.45, 2.75) is 86.0 Å². The van der Waals surface area contributed by atoms with Crippen molar-refractivity contribution in [1.82, 2.24) is 9.97 Å². The quantitative estimate of drug-likeness (QED) is 0.131. The molecule has 1 aliphatic heterocycles. The smallest absolute Gasteiger partial charge is 0.245 e. The normalized spacial score (nSPS) is 12.4. The Hall–Kier alpha value is -5.67. The molecule has 0 radical (unpaired) electrons. The highest BCUT2D eigenvalue weighted by molar-refractivity contribution is 7.12. The first kappa shape index (κ1) is 39.2. The van der Waals surface area contributed by atoms with Gasteiger partial charge in [-0.3, -0.25) is 9.97 Å². The highest BCUT2D eigenvalue weighted by atomic mass is 16.5. The summed E-state index contributed by atoms with van der Waals surface area (Å²) in [4.78, 5) is 9.80. The fourth-order valence-corrected chi connectivity index (χ4v) is 9.37. The van der Waals surface area contributed by atoms with E-state index in [1.165, 1.54) is 55.0 Å². The van der Waals surface area contributed by atoms with E-state index >= 15 is 0 Å². The highest BCUT2D eigenvalue weighted by Crippen LogP contribution is 2.31. The monoisotopic (exact) mass is 756 g/mol. The SMILES string of the molecule is Cc1cccc(-c2cc(Oc3cccc(-c4ccccn4)c3)c3c(c2)B(c2c(C(C)C)cccc2C(C)C)c2ccccc2B3c2c(C(C)C)cccc2C(C)C)n1. The van der Waals surface area contributed by atoms with Crippen LogP contribution in [-0.4, -0.2) is 23.4 Å². The number of nitrogens with zero attached hydrogens (tertiary/aromatic N) is 2. The summed E-state index contributed by atoms with van der Waals surface area (Å²) in [7, 11) is 0. The summed E-state index contributed by atoms with van der Waals surface area (Å²) < 4.78 is 7.38. The molecule has 8 rings (SSSR count). The molecular weight excluding hydrogens is 702 g/mol. The zero-order chi connectivity index (χ0) is 40.7. The van der Waals surface area contributed by atoms with E-state index in [-0.39, 0.29) is 13.4 Å². The number of benzene rings is 5. The summed E-state index contributed by atoms with van der Waals surface area (Å²) in [5.41, 5.74) is 18.5. The zero-order valence-electron chi connectivity index (χ0n) is 35.5. The lowest BCUT2D eigenvalue weighted by Gasteiger charge is -2.38. The molecule has 5 aromatic carbocycles. The molecule has 7 aromatic rings. The molecule has 0 atom stereocenters. The molecule has 5 heteroatoms. The number of ether oxygens (including phenoxy) is 1. The van der Waals surface area contributed by atoms with Crippen LogP contribution in [0, 0.1) is 6.92 Å². The van der Waals surface area contributed by atoms with E-state index in [9.17, 15) is 0 Å². The molecule has 0 amide bonds. The van der Waals surface area contributed by atoms with Crippen LogP contribution in [0.2, 0.25) is 0 Å². The number of aryl methyl sites for hydroxylation is 1. The molecule has 3 nitrogen and oxygen atoms in total. The number of hydrogen-bond donors (Lipinski definition) is 0.